The third kappa shape index (κ3) is 8.19. The lowest BCUT2D eigenvalue weighted by Crippen LogP contribution is -2.21. The fraction of sp³-hybridized carbons (Fsp3) is 1.00. The molecular weight excluding hydrogens is 192 g/mol. The Balaban J connectivity index is 4.02. The van der Waals surface area contributed by atoms with E-state index in [-0.39, 0.29) is 0 Å². The maximum atomic E-state index is 2.41. The minimum Gasteiger partial charge on any atom is -0.0628 e. The molecule has 0 bridgehead atoms. The average molecular weight is 226 g/mol. The first-order chi connectivity index (χ1) is 7.23. The monoisotopic (exact) mass is 226 g/mol. The van der Waals surface area contributed by atoms with Crippen molar-refractivity contribution in [2.24, 2.45) is 23.2 Å². The summed E-state index contributed by atoms with van der Waals surface area (Å²) in [6.07, 6.45) is 7.04. The third-order valence-corrected chi connectivity index (χ3v) is 3.65. The lowest BCUT2D eigenvalue weighted by molar-refractivity contribution is 0.194. The molecule has 0 aliphatic carbocycles. The molecule has 0 radical (unpaired) electrons. The third-order valence-electron chi connectivity index (χ3n) is 3.65. The van der Waals surface area contributed by atoms with Crippen molar-refractivity contribution in [3.63, 3.8) is 0 Å². The van der Waals surface area contributed by atoms with Crippen LogP contribution in [0.5, 0.6) is 0 Å². The second kappa shape index (κ2) is 7.35. The van der Waals surface area contributed by atoms with Gasteiger partial charge >= 0.3 is 0 Å². The molecule has 98 valence electrons. The van der Waals surface area contributed by atoms with Crippen LogP contribution in [0.25, 0.3) is 0 Å². The van der Waals surface area contributed by atoms with Crippen LogP contribution in [0, 0.1) is 23.2 Å². The van der Waals surface area contributed by atoms with Crippen molar-refractivity contribution < 1.29 is 0 Å². The lowest BCUT2D eigenvalue weighted by atomic mass is 9.74. The SMILES string of the molecule is CC(C)CCCC(CCC(C)C)C(C)(C)C. The maximum absolute atomic E-state index is 2.41. The highest BCUT2D eigenvalue weighted by Crippen LogP contribution is 2.35. The lowest BCUT2D eigenvalue weighted by Gasteiger charge is -2.31. The number of rotatable bonds is 7. The van der Waals surface area contributed by atoms with Gasteiger partial charge in [-0.3, -0.25) is 0 Å². The predicted molar refractivity (Wildman–Crippen MR) is 75.7 cm³/mol. The van der Waals surface area contributed by atoms with Crippen LogP contribution >= 0.6 is 0 Å². The van der Waals surface area contributed by atoms with E-state index in [4.69, 9.17) is 0 Å². The Bertz CT molecular complexity index is 159. The second-order valence-electron chi connectivity index (χ2n) is 7.36. The Morgan fingerprint density at radius 3 is 1.56 bits per heavy atom. The van der Waals surface area contributed by atoms with Gasteiger partial charge in [0.25, 0.3) is 0 Å². The van der Waals surface area contributed by atoms with E-state index >= 15 is 0 Å². The highest BCUT2D eigenvalue weighted by Gasteiger charge is 2.23. The molecule has 0 heteroatoms. The van der Waals surface area contributed by atoms with Gasteiger partial charge in [-0.1, -0.05) is 67.7 Å². The second-order valence-corrected chi connectivity index (χ2v) is 7.36. The first-order valence-electron chi connectivity index (χ1n) is 7.23. The predicted octanol–water partition coefficient (Wildman–Crippen LogP) is 5.91. The molecule has 0 fully saturated rings. The largest absolute Gasteiger partial charge is 0.0628 e. The van der Waals surface area contributed by atoms with Crippen LogP contribution in [0.3, 0.4) is 0 Å². The van der Waals surface area contributed by atoms with Crippen LogP contribution in [0.4, 0.5) is 0 Å². The summed E-state index contributed by atoms with van der Waals surface area (Å²) in [6.45, 7) is 16.6. The zero-order valence-electron chi connectivity index (χ0n) is 12.8. The molecule has 0 amide bonds. The summed E-state index contributed by atoms with van der Waals surface area (Å²) in [4.78, 5) is 0. The summed E-state index contributed by atoms with van der Waals surface area (Å²) in [6, 6.07) is 0. The van der Waals surface area contributed by atoms with Crippen molar-refractivity contribution in [2.45, 2.75) is 80.6 Å². The first kappa shape index (κ1) is 16.0. The van der Waals surface area contributed by atoms with Crippen molar-refractivity contribution >= 4 is 0 Å². The quantitative estimate of drug-likeness (QED) is 0.506. The molecule has 16 heavy (non-hydrogen) atoms. The van der Waals surface area contributed by atoms with E-state index in [2.05, 4.69) is 48.5 Å². The fourth-order valence-electron chi connectivity index (χ4n) is 2.32. The molecule has 0 aliphatic heterocycles. The Labute approximate surface area is 104 Å². The van der Waals surface area contributed by atoms with Crippen molar-refractivity contribution in [1.29, 1.82) is 0 Å². The smallest absolute Gasteiger partial charge is 0.0354 e. The van der Waals surface area contributed by atoms with Gasteiger partial charge in [-0.25, -0.2) is 0 Å². The molecule has 0 saturated heterocycles. The van der Waals surface area contributed by atoms with Gasteiger partial charge in [0.2, 0.25) is 0 Å². The van der Waals surface area contributed by atoms with Crippen molar-refractivity contribution in [3.05, 3.63) is 0 Å². The number of hydrogen-bond donors (Lipinski definition) is 0. The molecule has 0 spiro atoms. The fourth-order valence-corrected chi connectivity index (χ4v) is 2.32. The summed E-state index contributed by atoms with van der Waals surface area (Å²) in [5.41, 5.74) is 0.492. The molecule has 1 atom stereocenters. The van der Waals surface area contributed by atoms with Gasteiger partial charge < -0.3 is 0 Å². The van der Waals surface area contributed by atoms with Gasteiger partial charge in [0, 0.05) is 0 Å². The van der Waals surface area contributed by atoms with E-state index in [9.17, 15) is 0 Å². The molecule has 0 aromatic rings. The molecule has 0 aromatic carbocycles. The summed E-state index contributed by atoms with van der Waals surface area (Å²) >= 11 is 0. The van der Waals surface area contributed by atoms with Crippen LogP contribution in [-0.2, 0) is 0 Å². The van der Waals surface area contributed by atoms with Gasteiger partial charge in [-0.2, -0.15) is 0 Å². The van der Waals surface area contributed by atoms with Gasteiger partial charge in [0.05, 0.1) is 0 Å². The molecule has 0 heterocycles. The molecule has 0 N–H and O–H groups in total. The zero-order chi connectivity index (χ0) is 12.8. The molecule has 1 unspecified atom stereocenters. The van der Waals surface area contributed by atoms with Crippen LogP contribution in [0.15, 0.2) is 0 Å². The normalized spacial score (nSPS) is 14.8. The molecule has 0 aromatic heterocycles. The van der Waals surface area contributed by atoms with Crippen LogP contribution < -0.4 is 0 Å². The summed E-state index contributed by atoms with van der Waals surface area (Å²) in [5, 5.41) is 0. The first-order valence-corrected chi connectivity index (χ1v) is 7.23. The minimum absolute atomic E-state index is 0.492. The topological polar surface area (TPSA) is 0 Å². The van der Waals surface area contributed by atoms with Crippen LogP contribution in [-0.4, -0.2) is 0 Å². The van der Waals surface area contributed by atoms with Crippen molar-refractivity contribution in [3.8, 4) is 0 Å². The summed E-state index contributed by atoms with van der Waals surface area (Å²) < 4.78 is 0. The Morgan fingerprint density at radius 1 is 0.688 bits per heavy atom. The zero-order valence-corrected chi connectivity index (χ0v) is 12.8. The highest BCUT2D eigenvalue weighted by molar-refractivity contribution is 4.74. The van der Waals surface area contributed by atoms with E-state index in [0.717, 1.165) is 17.8 Å². The summed E-state index contributed by atoms with van der Waals surface area (Å²) in [7, 11) is 0. The van der Waals surface area contributed by atoms with Gasteiger partial charge in [-0.15, -0.1) is 0 Å². The Morgan fingerprint density at radius 2 is 1.19 bits per heavy atom. The van der Waals surface area contributed by atoms with E-state index in [1.807, 2.05) is 0 Å². The van der Waals surface area contributed by atoms with E-state index < -0.39 is 0 Å². The van der Waals surface area contributed by atoms with Gasteiger partial charge in [0.1, 0.15) is 0 Å². The molecular formula is C16H34. The molecule has 0 aliphatic rings. The molecule has 0 saturated carbocycles. The van der Waals surface area contributed by atoms with Gasteiger partial charge in [-0.05, 0) is 36.0 Å². The maximum Gasteiger partial charge on any atom is -0.0354 e. The Kier molecular flexibility index (Phi) is 7.35. The Hall–Kier alpha value is 0. The van der Waals surface area contributed by atoms with E-state index in [1.165, 1.54) is 32.1 Å². The van der Waals surface area contributed by atoms with Crippen molar-refractivity contribution in [2.75, 3.05) is 0 Å². The highest BCUT2D eigenvalue weighted by atomic mass is 14.3. The molecule has 0 nitrogen and oxygen atoms in total. The average Bonchev–Trinajstić information content (AvgIpc) is 2.07. The van der Waals surface area contributed by atoms with Crippen LogP contribution in [0.1, 0.15) is 80.6 Å². The van der Waals surface area contributed by atoms with E-state index in [0.29, 0.717) is 5.41 Å². The minimum atomic E-state index is 0.492. The van der Waals surface area contributed by atoms with E-state index in [1.54, 1.807) is 0 Å². The van der Waals surface area contributed by atoms with Crippen molar-refractivity contribution in [1.82, 2.24) is 0 Å². The van der Waals surface area contributed by atoms with Gasteiger partial charge in [0.15, 0.2) is 0 Å². The van der Waals surface area contributed by atoms with Crippen LogP contribution in [0.2, 0.25) is 0 Å². The standard InChI is InChI=1S/C16H34/c1-13(2)9-8-10-15(16(5,6)7)12-11-14(3)4/h13-15H,8-12H2,1-7H3. The molecule has 0 rings (SSSR count). The summed E-state index contributed by atoms with van der Waals surface area (Å²) in [5.74, 6) is 2.63. The number of hydrogen-bond acceptors (Lipinski definition) is 0.